The summed E-state index contributed by atoms with van der Waals surface area (Å²) < 4.78 is 16.4. The minimum Gasteiger partial charge on any atom is -0.463 e. The number of methoxy groups -OCH3 is 2. The van der Waals surface area contributed by atoms with Gasteiger partial charge in [-0.3, -0.25) is 4.98 Å². The van der Waals surface area contributed by atoms with Crippen LogP contribution >= 0.6 is 0 Å². The molecule has 0 aliphatic rings. The van der Waals surface area contributed by atoms with E-state index in [1.807, 2.05) is 30.3 Å². The number of nitrogens with zero attached hydrogens (tertiary/aromatic N) is 6. The highest BCUT2D eigenvalue weighted by atomic mass is 16.5. The van der Waals surface area contributed by atoms with E-state index >= 15 is 0 Å². The average molecular weight is 465 g/mol. The summed E-state index contributed by atoms with van der Waals surface area (Å²) in [5.74, 6) is 1.12. The minimum atomic E-state index is 0.248. The molecule has 0 bridgehead atoms. The lowest BCUT2D eigenvalue weighted by Crippen LogP contribution is -2.31. The molecule has 0 unspecified atom stereocenters. The van der Waals surface area contributed by atoms with Crippen LogP contribution in [0.1, 0.15) is 16.8 Å². The molecule has 0 amide bonds. The van der Waals surface area contributed by atoms with Crippen LogP contribution in [0.2, 0.25) is 0 Å². The molecule has 0 aliphatic carbocycles. The van der Waals surface area contributed by atoms with E-state index in [1.54, 1.807) is 26.5 Å². The van der Waals surface area contributed by atoms with Crippen molar-refractivity contribution in [2.24, 2.45) is 10.2 Å². The lowest BCUT2D eigenvalue weighted by Gasteiger charge is -2.23. The van der Waals surface area contributed by atoms with Gasteiger partial charge in [-0.2, -0.15) is 15.1 Å². The normalized spacial score (nSPS) is 11.1. The van der Waals surface area contributed by atoms with Crippen molar-refractivity contribution >= 4 is 11.6 Å². The Balaban J connectivity index is 1.77. The van der Waals surface area contributed by atoms with Gasteiger partial charge in [-0.15, -0.1) is 5.11 Å². The van der Waals surface area contributed by atoms with E-state index in [2.05, 4.69) is 49.1 Å². The first-order valence-corrected chi connectivity index (χ1v) is 11.3. The molecule has 0 fully saturated rings. The van der Waals surface area contributed by atoms with Gasteiger partial charge in [0, 0.05) is 51.7 Å². The fourth-order valence-electron chi connectivity index (χ4n) is 3.22. The molecule has 9 nitrogen and oxygen atoms in total. The monoisotopic (exact) mass is 464 g/mol. The van der Waals surface area contributed by atoms with Crippen molar-refractivity contribution in [2.45, 2.75) is 19.9 Å². The van der Waals surface area contributed by atoms with Crippen molar-refractivity contribution < 1.29 is 14.2 Å². The number of aromatic nitrogens is 3. The van der Waals surface area contributed by atoms with E-state index in [0.29, 0.717) is 57.5 Å². The minimum absolute atomic E-state index is 0.248. The molecule has 0 saturated heterocycles. The largest absolute Gasteiger partial charge is 0.463 e. The van der Waals surface area contributed by atoms with E-state index in [9.17, 15) is 0 Å². The zero-order valence-electron chi connectivity index (χ0n) is 20.1. The van der Waals surface area contributed by atoms with Crippen LogP contribution in [-0.2, 0) is 22.4 Å². The molecular formula is C25H32N6O3. The summed E-state index contributed by atoms with van der Waals surface area (Å²) in [6.45, 7) is 5.31. The van der Waals surface area contributed by atoms with Crippen LogP contribution in [0.5, 0.6) is 6.01 Å². The van der Waals surface area contributed by atoms with Gasteiger partial charge in [0.25, 0.3) is 0 Å². The van der Waals surface area contributed by atoms with E-state index in [0.717, 1.165) is 11.3 Å². The molecule has 0 spiro atoms. The SMILES string of the molecule is COCCN(CCOC)c1cc(N=NCc2cccc(C)c2)nc(OCCc2ccccn2)n1. The maximum atomic E-state index is 5.88. The Morgan fingerprint density at radius 3 is 2.44 bits per heavy atom. The molecule has 0 aliphatic heterocycles. The highest BCUT2D eigenvalue weighted by Gasteiger charge is 2.13. The van der Waals surface area contributed by atoms with Crippen LogP contribution in [-0.4, -0.2) is 62.1 Å². The summed E-state index contributed by atoms with van der Waals surface area (Å²) in [5.41, 5.74) is 3.22. The van der Waals surface area contributed by atoms with Crippen LogP contribution < -0.4 is 9.64 Å². The molecule has 0 radical (unpaired) electrons. The van der Waals surface area contributed by atoms with Crippen molar-refractivity contribution in [1.29, 1.82) is 0 Å². The average Bonchev–Trinajstić information content (AvgIpc) is 2.85. The van der Waals surface area contributed by atoms with Crippen LogP contribution in [0.15, 0.2) is 65.0 Å². The Labute approximate surface area is 200 Å². The van der Waals surface area contributed by atoms with E-state index in [-0.39, 0.29) is 6.01 Å². The third-order valence-corrected chi connectivity index (χ3v) is 4.96. The van der Waals surface area contributed by atoms with E-state index < -0.39 is 0 Å². The van der Waals surface area contributed by atoms with Crippen molar-refractivity contribution in [3.8, 4) is 6.01 Å². The van der Waals surface area contributed by atoms with Gasteiger partial charge >= 0.3 is 6.01 Å². The Morgan fingerprint density at radius 2 is 1.74 bits per heavy atom. The zero-order valence-corrected chi connectivity index (χ0v) is 20.1. The van der Waals surface area contributed by atoms with Crippen LogP contribution in [0.4, 0.5) is 11.6 Å². The maximum Gasteiger partial charge on any atom is 0.320 e. The van der Waals surface area contributed by atoms with Crippen molar-refractivity contribution in [3.05, 3.63) is 71.5 Å². The molecular weight excluding hydrogens is 432 g/mol. The number of hydrogen-bond donors (Lipinski definition) is 0. The summed E-state index contributed by atoms with van der Waals surface area (Å²) in [5, 5.41) is 8.70. The summed E-state index contributed by atoms with van der Waals surface area (Å²) in [6.07, 6.45) is 2.42. The highest BCUT2D eigenvalue weighted by molar-refractivity contribution is 5.47. The number of benzene rings is 1. The van der Waals surface area contributed by atoms with Gasteiger partial charge in [0.1, 0.15) is 5.82 Å². The molecule has 180 valence electrons. The van der Waals surface area contributed by atoms with Gasteiger partial charge in [0.2, 0.25) is 0 Å². The molecule has 2 aromatic heterocycles. The summed E-state index contributed by atoms with van der Waals surface area (Å²) >= 11 is 0. The Bertz CT molecular complexity index is 1020. The van der Waals surface area contributed by atoms with Crippen molar-refractivity contribution in [1.82, 2.24) is 15.0 Å². The zero-order chi connectivity index (χ0) is 24.0. The molecule has 3 rings (SSSR count). The summed E-state index contributed by atoms with van der Waals surface area (Å²) in [7, 11) is 3.34. The quantitative estimate of drug-likeness (QED) is 0.330. The third-order valence-electron chi connectivity index (χ3n) is 4.96. The first-order chi connectivity index (χ1) is 16.7. The Kier molecular flexibility index (Phi) is 10.4. The topological polar surface area (TPSA) is 94.3 Å². The molecule has 0 saturated carbocycles. The number of aryl methyl sites for hydroxylation is 1. The van der Waals surface area contributed by atoms with Crippen LogP contribution in [0, 0.1) is 6.92 Å². The molecule has 0 N–H and O–H groups in total. The van der Waals surface area contributed by atoms with Gasteiger partial charge in [0.15, 0.2) is 5.82 Å². The first-order valence-electron chi connectivity index (χ1n) is 11.3. The number of hydrogen-bond acceptors (Lipinski definition) is 9. The van der Waals surface area contributed by atoms with Crippen molar-refractivity contribution in [3.63, 3.8) is 0 Å². The Morgan fingerprint density at radius 1 is 0.912 bits per heavy atom. The van der Waals surface area contributed by atoms with Crippen molar-refractivity contribution in [2.75, 3.05) is 52.0 Å². The van der Waals surface area contributed by atoms with Crippen LogP contribution in [0.3, 0.4) is 0 Å². The molecule has 3 aromatic rings. The van der Waals surface area contributed by atoms with Gasteiger partial charge < -0.3 is 19.1 Å². The second kappa shape index (κ2) is 14.0. The highest BCUT2D eigenvalue weighted by Crippen LogP contribution is 2.22. The van der Waals surface area contributed by atoms with Gasteiger partial charge in [-0.1, -0.05) is 35.9 Å². The van der Waals surface area contributed by atoms with Crippen LogP contribution in [0.25, 0.3) is 0 Å². The van der Waals surface area contributed by atoms with E-state index in [1.165, 1.54) is 5.56 Å². The lowest BCUT2D eigenvalue weighted by molar-refractivity contribution is 0.190. The fraction of sp³-hybridized carbons (Fsp3) is 0.400. The molecule has 1 aromatic carbocycles. The second-order valence-electron chi connectivity index (χ2n) is 7.65. The second-order valence-corrected chi connectivity index (χ2v) is 7.65. The van der Waals surface area contributed by atoms with Gasteiger partial charge in [-0.05, 0) is 24.6 Å². The number of pyridine rings is 1. The Hall–Kier alpha value is -3.43. The maximum absolute atomic E-state index is 5.88. The van der Waals surface area contributed by atoms with Gasteiger partial charge in [-0.25, -0.2) is 0 Å². The number of azo groups is 1. The predicted molar refractivity (Wildman–Crippen MR) is 131 cm³/mol. The fourth-order valence-corrected chi connectivity index (χ4v) is 3.22. The molecule has 0 atom stereocenters. The third kappa shape index (κ3) is 8.49. The molecule has 9 heteroatoms. The first kappa shape index (κ1) is 25.2. The smallest absolute Gasteiger partial charge is 0.320 e. The summed E-state index contributed by atoms with van der Waals surface area (Å²) in [6, 6.07) is 16.0. The number of rotatable bonds is 14. The summed E-state index contributed by atoms with van der Waals surface area (Å²) in [4.78, 5) is 15.4. The standard InChI is InChI=1S/C25H32N6O3/c1-20-7-6-8-21(17-20)19-27-30-23-18-24(31(12-15-32-2)13-16-33-3)29-25(28-23)34-14-10-22-9-4-5-11-26-22/h4-9,11,17-18H,10,12-16,19H2,1-3H3. The van der Waals surface area contributed by atoms with E-state index in [4.69, 9.17) is 14.2 Å². The predicted octanol–water partition coefficient (Wildman–Crippen LogP) is 4.18. The molecule has 2 heterocycles. The number of ether oxygens (including phenoxy) is 3. The van der Waals surface area contributed by atoms with Gasteiger partial charge in [0.05, 0.1) is 26.4 Å². The molecule has 34 heavy (non-hydrogen) atoms. The number of anilines is 1. The lowest BCUT2D eigenvalue weighted by atomic mass is 10.1.